The van der Waals surface area contributed by atoms with Gasteiger partial charge in [0.2, 0.25) is 0 Å². The van der Waals surface area contributed by atoms with Crippen LogP contribution in [0, 0.1) is 0 Å². The van der Waals surface area contributed by atoms with Gasteiger partial charge in [0, 0.05) is 11.3 Å². The predicted molar refractivity (Wildman–Crippen MR) is 74.7 cm³/mol. The third kappa shape index (κ3) is 3.15. The minimum absolute atomic E-state index is 0.299. The lowest BCUT2D eigenvalue weighted by atomic mass is 10.0. The van der Waals surface area contributed by atoms with E-state index < -0.39 is 0 Å². The maximum Gasteiger partial charge on any atom is 0.255 e. The molecule has 0 saturated heterocycles. The van der Waals surface area contributed by atoms with Crippen molar-refractivity contribution in [2.24, 2.45) is 0 Å². The molecule has 0 aliphatic carbocycles. The van der Waals surface area contributed by atoms with Gasteiger partial charge in [-0.2, -0.15) is 0 Å². The van der Waals surface area contributed by atoms with E-state index in [1.807, 2.05) is 13.1 Å². The Morgan fingerprint density at radius 1 is 1.33 bits per heavy atom. The average Bonchev–Trinajstić information content (AvgIpc) is 2.92. The van der Waals surface area contributed by atoms with Crippen molar-refractivity contribution in [3.05, 3.63) is 48.4 Å². The molecular weight excluding hydrogens is 244 g/mol. The summed E-state index contributed by atoms with van der Waals surface area (Å²) >= 11 is 1.68. The summed E-state index contributed by atoms with van der Waals surface area (Å²) in [7, 11) is 2.00. The van der Waals surface area contributed by atoms with Crippen LogP contribution in [0.3, 0.4) is 0 Å². The summed E-state index contributed by atoms with van der Waals surface area (Å²) in [6.07, 6.45) is 4.35. The van der Waals surface area contributed by atoms with E-state index >= 15 is 0 Å². The van der Waals surface area contributed by atoms with E-state index in [4.69, 9.17) is 4.42 Å². The number of nitrogens with zero attached hydrogens (tertiary/aromatic N) is 1. The fraction of sp³-hybridized carbons (Fsp3) is 0.357. The number of nitrogens with one attached hydrogen (secondary N) is 1. The highest BCUT2D eigenvalue weighted by atomic mass is 32.2. The minimum Gasteiger partial charge on any atom is -0.440 e. The molecule has 2 rings (SSSR count). The van der Waals surface area contributed by atoms with Gasteiger partial charge in [-0.25, -0.2) is 4.98 Å². The molecule has 0 aliphatic heterocycles. The molecule has 0 spiro atoms. The van der Waals surface area contributed by atoms with Gasteiger partial charge in [-0.3, -0.25) is 0 Å². The second kappa shape index (κ2) is 6.61. The second-order valence-electron chi connectivity index (χ2n) is 4.04. The summed E-state index contributed by atoms with van der Waals surface area (Å²) in [5.41, 5.74) is 1.30. The molecule has 3 nitrogen and oxygen atoms in total. The molecule has 0 amide bonds. The molecule has 1 aromatic carbocycles. The number of rotatable bonds is 6. The van der Waals surface area contributed by atoms with E-state index in [2.05, 4.69) is 41.5 Å². The van der Waals surface area contributed by atoms with Gasteiger partial charge < -0.3 is 9.73 Å². The summed E-state index contributed by atoms with van der Waals surface area (Å²) in [5.74, 6) is 0. The molecule has 0 radical (unpaired) electrons. The highest BCUT2D eigenvalue weighted by molar-refractivity contribution is 7.99. The van der Waals surface area contributed by atoms with E-state index in [-0.39, 0.29) is 0 Å². The van der Waals surface area contributed by atoms with Crippen molar-refractivity contribution < 1.29 is 4.42 Å². The Kier molecular flexibility index (Phi) is 4.84. The van der Waals surface area contributed by atoms with Gasteiger partial charge in [0.15, 0.2) is 0 Å². The van der Waals surface area contributed by atoms with Crippen molar-refractivity contribution in [2.75, 3.05) is 7.05 Å². The molecule has 0 bridgehead atoms. The Hall–Kier alpha value is -1.26. The van der Waals surface area contributed by atoms with Crippen molar-refractivity contribution in [3.8, 4) is 0 Å². The molecule has 18 heavy (non-hydrogen) atoms. The monoisotopic (exact) mass is 262 g/mol. The Labute approximate surface area is 112 Å². The van der Waals surface area contributed by atoms with Crippen molar-refractivity contribution >= 4 is 11.8 Å². The maximum absolute atomic E-state index is 5.32. The van der Waals surface area contributed by atoms with E-state index in [0.717, 1.165) is 11.6 Å². The van der Waals surface area contributed by atoms with E-state index in [1.165, 1.54) is 5.56 Å². The molecule has 1 heterocycles. The first kappa shape index (κ1) is 13.2. The van der Waals surface area contributed by atoms with Crippen molar-refractivity contribution in [1.82, 2.24) is 10.3 Å². The Morgan fingerprint density at radius 3 is 2.67 bits per heavy atom. The Morgan fingerprint density at radius 2 is 2.11 bits per heavy atom. The zero-order chi connectivity index (χ0) is 12.8. The zero-order valence-corrected chi connectivity index (χ0v) is 11.5. The molecule has 1 aromatic heterocycles. The number of oxazole rings is 1. The molecular formula is C14H18N2OS. The van der Waals surface area contributed by atoms with Gasteiger partial charge in [-0.05, 0) is 19.0 Å². The van der Waals surface area contributed by atoms with Crippen molar-refractivity contribution in [3.63, 3.8) is 0 Å². The van der Waals surface area contributed by atoms with Crippen molar-refractivity contribution in [2.45, 2.75) is 29.9 Å². The van der Waals surface area contributed by atoms with E-state index in [1.54, 1.807) is 24.2 Å². The SMILES string of the molecule is CCC(Sc1ncco1)C(NC)c1ccccc1. The lowest BCUT2D eigenvalue weighted by Gasteiger charge is -2.24. The van der Waals surface area contributed by atoms with Crippen LogP contribution in [0.5, 0.6) is 0 Å². The van der Waals surface area contributed by atoms with E-state index in [0.29, 0.717) is 11.3 Å². The van der Waals surface area contributed by atoms with Crippen LogP contribution in [0.15, 0.2) is 52.4 Å². The topological polar surface area (TPSA) is 38.1 Å². The molecule has 4 heteroatoms. The zero-order valence-electron chi connectivity index (χ0n) is 10.7. The van der Waals surface area contributed by atoms with Gasteiger partial charge in [-0.1, -0.05) is 49.0 Å². The van der Waals surface area contributed by atoms with Gasteiger partial charge in [0.25, 0.3) is 5.22 Å². The van der Waals surface area contributed by atoms with Crippen LogP contribution in [-0.2, 0) is 0 Å². The number of hydrogen-bond donors (Lipinski definition) is 1. The molecule has 2 unspecified atom stereocenters. The van der Waals surface area contributed by atoms with Crippen LogP contribution >= 0.6 is 11.8 Å². The molecule has 0 aliphatic rings. The number of aromatic nitrogens is 1. The molecule has 96 valence electrons. The lowest BCUT2D eigenvalue weighted by Crippen LogP contribution is -2.26. The van der Waals surface area contributed by atoms with Gasteiger partial charge >= 0.3 is 0 Å². The summed E-state index contributed by atoms with van der Waals surface area (Å²) < 4.78 is 5.32. The number of hydrogen-bond acceptors (Lipinski definition) is 4. The van der Waals surface area contributed by atoms with Gasteiger partial charge in [0.1, 0.15) is 6.26 Å². The van der Waals surface area contributed by atoms with Crippen LogP contribution in [-0.4, -0.2) is 17.3 Å². The first-order valence-electron chi connectivity index (χ1n) is 6.13. The highest BCUT2D eigenvalue weighted by Crippen LogP contribution is 2.33. The van der Waals surface area contributed by atoms with Crippen LogP contribution in [0.1, 0.15) is 24.9 Å². The maximum atomic E-state index is 5.32. The fourth-order valence-corrected chi connectivity index (χ4v) is 3.10. The van der Waals surface area contributed by atoms with Gasteiger partial charge in [0.05, 0.1) is 6.20 Å². The number of thioether (sulfide) groups is 1. The second-order valence-corrected chi connectivity index (χ2v) is 5.23. The fourth-order valence-electron chi connectivity index (χ4n) is 2.01. The summed E-state index contributed by atoms with van der Waals surface area (Å²) in [6, 6.07) is 10.8. The van der Waals surface area contributed by atoms with Crippen LogP contribution in [0.4, 0.5) is 0 Å². The molecule has 1 N–H and O–H groups in total. The predicted octanol–water partition coefficient (Wildman–Crippen LogP) is 3.51. The standard InChI is InChI=1S/C14H18N2OS/c1-3-12(18-14-16-9-10-17-14)13(15-2)11-7-5-4-6-8-11/h4-10,12-13,15H,3H2,1-2H3. The minimum atomic E-state index is 0.299. The molecule has 0 fully saturated rings. The lowest BCUT2D eigenvalue weighted by molar-refractivity contribution is 0.449. The third-order valence-electron chi connectivity index (χ3n) is 2.91. The van der Waals surface area contributed by atoms with Crippen LogP contribution in [0.25, 0.3) is 0 Å². The average molecular weight is 262 g/mol. The smallest absolute Gasteiger partial charge is 0.255 e. The van der Waals surface area contributed by atoms with Crippen molar-refractivity contribution in [1.29, 1.82) is 0 Å². The first-order valence-corrected chi connectivity index (χ1v) is 7.01. The third-order valence-corrected chi connectivity index (χ3v) is 4.22. The van der Waals surface area contributed by atoms with E-state index in [9.17, 15) is 0 Å². The molecule has 0 saturated carbocycles. The molecule has 2 aromatic rings. The highest BCUT2D eigenvalue weighted by Gasteiger charge is 2.22. The summed E-state index contributed by atoms with van der Waals surface area (Å²) in [5, 5.41) is 4.52. The normalized spacial score (nSPS) is 14.3. The quantitative estimate of drug-likeness (QED) is 0.809. The Balaban J connectivity index is 2.14. The Bertz CT molecular complexity index is 444. The largest absolute Gasteiger partial charge is 0.440 e. The summed E-state index contributed by atoms with van der Waals surface area (Å²) in [4.78, 5) is 4.18. The molecule has 2 atom stereocenters. The number of benzene rings is 1. The first-order chi connectivity index (χ1) is 8.85. The van der Waals surface area contributed by atoms with Crippen LogP contribution < -0.4 is 5.32 Å². The summed E-state index contributed by atoms with van der Waals surface area (Å²) in [6.45, 7) is 2.19. The van der Waals surface area contributed by atoms with Gasteiger partial charge in [-0.15, -0.1) is 0 Å². The van der Waals surface area contributed by atoms with Crippen LogP contribution in [0.2, 0.25) is 0 Å².